The van der Waals surface area contributed by atoms with Gasteiger partial charge in [-0.1, -0.05) is 12.5 Å². The molecule has 1 fully saturated rings. The summed E-state index contributed by atoms with van der Waals surface area (Å²) in [6.45, 7) is 2.54. The van der Waals surface area contributed by atoms with Gasteiger partial charge in [0.25, 0.3) is 0 Å². The van der Waals surface area contributed by atoms with Crippen LogP contribution in [0.5, 0.6) is 0 Å². The number of halogens is 1. The molecular formula is C18H22FNO3. The lowest BCUT2D eigenvalue weighted by Gasteiger charge is -2.37. The van der Waals surface area contributed by atoms with E-state index in [0.717, 1.165) is 24.0 Å². The first kappa shape index (κ1) is 16.0. The summed E-state index contributed by atoms with van der Waals surface area (Å²) >= 11 is 0. The molecule has 1 saturated carbocycles. The number of rotatable bonds is 2. The molecule has 1 amide bonds. The van der Waals surface area contributed by atoms with Crippen molar-refractivity contribution in [2.24, 2.45) is 11.8 Å². The van der Waals surface area contributed by atoms with Crippen LogP contribution in [-0.2, 0) is 20.7 Å². The van der Waals surface area contributed by atoms with Gasteiger partial charge in [-0.25, -0.2) is 4.39 Å². The standard InChI is InChI=1S/C18H22FNO3/c1-11-14-7-6-13(19)10-12(14)8-9-20(11)17(21)15-4-3-5-16(15)18(22)23-2/h6-7,10-11,15-16H,3-5,8-9H2,1-2H3/t11-,15-,16-/m1/s1. The van der Waals surface area contributed by atoms with E-state index in [2.05, 4.69) is 0 Å². The molecular weight excluding hydrogens is 297 g/mol. The summed E-state index contributed by atoms with van der Waals surface area (Å²) in [7, 11) is 1.37. The van der Waals surface area contributed by atoms with Gasteiger partial charge in [-0.3, -0.25) is 9.59 Å². The van der Waals surface area contributed by atoms with Crippen LogP contribution in [0.1, 0.15) is 43.4 Å². The Hall–Kier alpha value is -1.91. The molecule has 1 aliphatic heterocycles. The maximum Gasteiger partial charge on any atom is 0.309 e. The van der Waals surface area contributed by atoms with Crippen molar-refractivity contribution in [3.63, 3.8) is 0 Å². The van der Waals surface area contributed by atoms with Gasteiger partial charge >= 0.3 is 5.97 Å². The van der Waals surface area contributed by atoms with Crippen molar-refractivity contribution in [3.05, 3.63) is 35.1 Å². The van der Waals surface area contributed by atoms with Gasteiger partial charge < -0.3 is 9.64 Å². The van der Waals surface area contributed by atoms with E-state index >= 15 is 0 Å². The van der Waals surface area contributed by atoms with Crippen LogP contribution in [0, 0.1) is 17.7 Å². The molecule has 1 aromatic carbocycles. The second-order valence-corrected chi connectivity index (χ2v) is 6.47. The minimum absolute atomic E-state index is 0.0281. The summed E-state index contributed by atoms with van der Waals surface area (Å²) < 4.78 is 18.2. The number of carbonyl (C=O) groups excluding carboxylic acids is 2. The molecule has 0 radical (unpaired) electrons. The molecule has 2 aliphatic rings. The number of benzene rings is 1. The molecule has 5 heteroatoms. The molecule has 4 nitrogen and oxygen atoms in total. The van der Waals surface area contributed by atoms with Gasteiger partial charge in [0.15, 0.2) is 0 Å². The molecule has 0 spiro atoms. The minimum atomic E-state index is -0.325. The maximum absolute atomic E-state index is 13.4. The van der Waals surface area contributed by atoms with Crippen molar-refractivity contribution in [3.8, 4) is 0 Å². The molecule has 0 unspecified atom stereocenters. The Kier molecular flexibility index (Phi) is 4.37. The van der Waals surface area contributed by atoms with Gasteiger partial charge in [0.05, 0.1) is 25.0 Å². The fourth-order valence-corrected chi connectivity index (χ4v) is 4.00. The molecule has 0 bridgehead atoms. The number of amides is 1. The highest BCUT2D eigenvalue weighted by Crippen LogP contribution is 2.37. The molecule has 3 atom stereocenters. The van der Waals surface area contributed by atoms with Gasteiger partial charge in [0, 0.05) is 6.54 Å². The Morgan fingerprint density at radius 3 is 2.74 bits per heavy atom. The number of hydrogen-bond donors (Lipinski definition) is 0. The van der Waals surface area contributed by atoms with Gasteiger partial charge in [-0.2, -0.15) is 0 Å². The van der Waals surface area contributed by atoms with Gasteiger partial charge in [-0.15, -0.1) is 0 Å². The molecule has 0 N–H and O–H groups in total. The van der Waals surface area contributed by atoms with Crippen LogP contribution in [0.15, 0.2) is 18.2 Å². The summed E-state index contributed by atoms with van der Waals surface area (Å²) in [5.41, 5.74) is 1.97. The van der Waals surface area contributed by atoms with Crippen LogP contribution < -0.4 is 0 Å². The van der Waals surface area contributed by atoms with Crippen LogP contribution in [0.4, 0.5) is 4.39 Å². The summed E-state index contributed by atoms with van der Waals surface area (Å²) in [4.78, 5) is 26.7. The van der Waals surface area contributed by atoms with Crippen molar-refractivity contribution in [1.29, 1.82) is 0 Å². The van der Waals surface area contributed by atoms with Gasteiger partial charge in [0.2, 0.25) is 5.91 Å². The minimum Gasteiger partial charge on any atom is -0.469 e. The summed E-state index contributed by atoms with van der Waals surface area (Å²) in [6.07, 6.45) is 2.98. The molecule has 124 valence electrons. The predicted molar refractivity (Wildman–Crippen MR) is 83.1 cm³/mol. The zero-order chi connectivity index (χ0) is 16.6. The van der Waals surface area contributed by atoms with E-state index < -0.39 is 0 Å². The first-order valence-corrected chi connectivity index (χ1v) is 8.19. The highest BCUT2D eigenvalue weighted by Gasteiger charge is 2.42. The van der Waals surface area contributed by atoms with E-state index in [4.69, 9.17) is 4.74 Å². The number of esters is 1. The van der Waals surface area contributed by atoms with E-state index in [1.165, 1.54) is 13.2 Å². The molecule has 3 rings (SSSR count). The van der Waals surface area contributed by atoms with E-state index in [1.54, 1.807) is 12.1 Å². The first-order chi connectivity index (χ1) is 11.0. The normalized spacial score (nSPS) is 26.7. The Morgan fingerprint density at radius 1 is 1.26 bits per heavy atom. The summed E-state index contributed by atoms with van der Waals surface area (Å²) in [6, 6.07) is 4.67. The summed E-state index contributed by atoms with van der Waals surface area (Å²) in [5.74, 6) is -1.10. The number of ether oxygens (including phenoxy) is 1. The van der Waals surface area contributed by atoms with Gasteiger partial charge in [0.1, 0.15) is 5.82 Å². The Bertz CT molecular complexity index is 631. The highest BCUT2D eigenvalue weighted by molar-refractivity contribution is 5.86. The lowest BCUT2D eigenvalue weighted by Crippen LogP contribution is -2.44. The molecule has 0 saturated heterocycles. The number of fused-ring (bicyclic) bond motifs is 1. The van der Waals surface area contributed by atoms with Gasteiger partial charge in [-0.05, 0) is 49.4 Å². The zero-order valence-corrected chi connectivity index (χ0v) is 13.5. The third-order valence-electron chi connectivity index (χ3n) is 5.26. The molecule has 1 aliphatic carbocycles. The lowest BCUT2D eigenvalue weighted by molar-refractivity contribution is -0.152. The average molecular weight is 319 g/mol. The number of carbonyl (C=O) groups is 2. The lowest BCUT2D eigenvalue weighted by atomic mass is 9.89. The SMILES string of the molecule is COC(=O)[C@@H]1CCC[C@H]1C(=O)N1CCc2cc(F)ccc2[C@H]1C. The Labute approximate surface area is 135 Å². The van der Waals surface area contributed by atoms with Crippen molar-refractivity contribution in [1.82, 2.24) is 4.90 Å². The maximum atomic E-state index is 13.4. The first-order valence-electron chi connectivity index (χ1n) is 8.19. The van der Waals surface area contributed by atoms with Crippen LogP contribution >= 0.6 is 0 Å². The third-order valence-corrected chi connectivity index (χ3v) is 5.26. The van der Waals surface area contributed by atoms with Crippen molar-refractivity contribution in [2.45, 2.75) is 38.6 Å². The van der Waals surface area contributed by atoms with Crippen LogP contribution in [0.25, 0.3) is 0 Å². The average Bonchev–Trinajstić information content (AvgIpc) is 3.03. The summed E-state index contributed by atoms with van der Waals surface area (Å²) in [5, 5.41) is 0. The highest BCUT2D eigenvalue weighted by atomic mass is 19.1. The van der Waals surface area contributed by atoms with Crippen molar-refractivity contribution >= 4 is 11.9 Å². The smallest absolute Gasteiger partial charge is 0.309 e. The second kappa shape index (κ2) is 6.30. The van der Waals surface area contributed by atoms with Crippen molar-refractivity contribution < 1.29 is 18.7 Å². The third kappa shape index (κ3) is 2.84. The second-order valence-electron chi connectivity index (χ2n) is 6.47. The molecule has 1 aromatic rings. The van der Waals surface area contributed by atoms with E-state index in [0.29, 0.717) is 19.4 Å². The fraction of sp³-hybridized carbons (Fsp3) is 0.556. The zero-order valence-electron chi connectivity index (χ0n) is 13.5. The predicted octanol–water partition coefficient (Wildman–Crippen LogP) is 2.86. The van der Waals surface area contributed by atoms with Crippen LogP contribution in [0.3, 0.4) is 0 Å². The van der Waals surface area contributed by atoms with E-state index in [9.17, 15) is 14.0 Å². The number of methoxy groups -OCH3 is 1. The quantitative estimate of drug-likeness (QED) is 0.788. The van der Waals surface area contributed by atoms with Crippen LogP contribution in [0.2, 0.25) is 0 Å². The monoisotopic (exact) mass is 319 g/mol. The number of hydrogen-bond acceptors (Lipinski definition) is 3. The fourth-order valence-electron chi connectivity index (χ4n) is 4.00. The Morgan fingerprint density at radius 2 is 2.00 bits per heavy atom. The van der Waals surface area contributed by atoms with E-state index in [1.807, 2.05) is 11.8 Å². The largest absolute Gasteiger partial charge is 0.469 e. The molecule has 23 heavy (non-hydrogen) atoms. The Balaban J connectivity index is 1.81. The molecule has 1 heterocycles. The molecule has 0 aromatic heterocycles. The topological polar surface area (TPSA) is 46.6 Å². The number of nitrogens with zero attached hydrogens (tertiary/aromatic N) is 1. The van der Waals surface area contributed by atoms with Crippen molar-refractivity contribution in [2.75, 3.05) is 13.7 Å². The van der Waals surface area contributed by atoms with E-state index in [-0.39, 0.29) is 35.6 Å². The van der Waals surface area contributed by atoms with Crippen LogP contribution in [-0.4, -0.2) is 30.4 Å².